The molecule has 0 bridgehead atoms. The number of ether oxygens (including phenoxy) is 3. The van der Waals surface area contributed by atoms with E-state index >= 15 is 0 Å². The second-order valence-corrected chi connectivity index (χ2v) is 8.26. The molecule has 1 unspecified atom stereocenters. The Hall–Kier alpha value is -2.91. The Kier molecular flexibility index (Phi) is 6.53. The van der Waals surface area contributed by atoms with Gasteiger partial charge in [-0.3, -0.25) is 9.69 Å². The van der Waals surface area contributed by atoms with Crippen LogP contribution in [0, 0.1) is 5.92 Å². The minimum absolute atomic E-state index is 0.000681. The fraction of sp³-hybridized carbons (Fsp3) is 0.409. The highest BCUT2D eigenvalue weighted by Gasteiger charge is 2.28. The van der Waals surface area contributed by atoms with Crippen molar-refractivity contribution in [3.8, 4) is 28.6 Å². The van der Waals surface area contributed by atoms with Crippen LogP contribution in [0.5, 0.6) is 17.2 Å². The topological polar surface area (TPSA) is 86.9 Å². The van der Waals surface area contributed by atoms with Crippen molar-refractivity contribution in [3.63, 3.8) is 0 Å². The van der Waals surface area contributed by atoms with Gasteiger partial charge in [0.25, 0.3) is 0 Å². The smallest absolute Gasteiger partial charge is 0.241 e. The Morgan fingerprint density at radius 2 is 2.03 bits per heavy atom. The summed E-state index contributed by atoms with van der Waals surface area (Å²) in [5, 5.41) is 6.07. The van der Waals surface area contributed by atoms with Crippen LogP contribution in [0.25, 0.3) is 11.4 Å². The SMILES string of the molecule is COc1ccc(-c2noc(CN3CCCC(C(=O)c4cccs4)C3)n2)c(OC)c1OC. The standard InChI is InChI=1S/C22H25N3O5S/c1-27-16-9-8-15(20(28-2)21(16)29-3)22-23-18(30-24-22)13-25-10-4-6-14(12-25)19(26)17-7-5-11-31-17/h5,7-9,11,14H,4,6,10,12-13H2,1-3H3. The summed E-state index contributed by atoms with van der Waals surface area (Å²) >= 11 is 1.50. The zero-order valence-corrected chi connectivity index (χ0v) is 18.6. The van der Waals surface area contributed by atoms with Crippen LogP contribution in [-0.4, -0.2) is 55.2 Å². The summed E-state index contributed by atoms with van der Waals surface area (Å²) in [7, 11) is 4.68. The van der Waals surface area contributed by atoms with Crippen molar-refractivity contribution in [1.29, 1.82) is 0 Å². The zero-order chi connectivity index (χ0) is 21.8. The van der Waals surface area contributed by atoms with Gasteiger partial charge in [-0.05, 0) is 43.0 Å². The number of piperidine rings is 1. The van der Waals surface area contributed by atoms with Gasteiger partial charge < -0.3 is 18.7 Å². The molecule has 1 fully saturated rings. The van der Waals surface area contributed by atoms with Crippen molar-refractivity contribution in [2.24, 2.45) is 5.92 Å². The van der Waals surface area contributed by atoms with Gasteiger partial charge >= 0.3 is 0 Å². The molecule has 1 aromatic carbocycles. The van der Waals surface area contributed by atoms with E-state index in [1.807, 2.05) is 23.6 Å². The van der Waals surface area contributed by atoms with Crippen LogP contribution in [-0.2, 0) is 6.54 Å². The second kappa shape index (κ2) is 9.49. The molecule has 1 saturated heterocycles. The number of hydrogen-bond acceptors (Lipinski definition) is 9. The maximum atomic E-state index is 12.7. The van der Waals surface area contributed by atoms with Crippen molar-refractivity contribution < 1.29 is 23.5 Å². The Balaban J connectivity index is 1.49. The molecule has 0 aliphatic carbocycles. The first kappa shape index (κ1) is 21.3. The number of thiophene rings is 1. The van der Waals surface area contributed by atoms with E-state index in [4.69, 9.17) is 18.7 Å². The quantitative estimate of drug-likeness (QED) is 0.484. The first-order chi connectivity index (χ1) is 15.1. The van der Waals surface area contributed by atoms with Crippen molar-refractivity contribution in [2.45, 2.75) is 19.4 Å². The highest BCUT2D eigenvalue weighted by molar-refractivity contribution is 7.12. The third kappa shape index (κ3) is 4.42. The molecule has 164 valence electrons. The summed E-state index contributed by atoms with van der Waals surface area (Å²) < 4.78 is 21.8. The summed E-state index contributed by atoms with van der Waals surface area (Å²) in [6.07, 6.45) is 1.87. The number of likely N-dealkylation sites (tertiary alicyclic amines) is 1. The summed E-state index contributed by atoms with van der Waals surface area (Å²) in [4.78, 5) is 20.3. The second-order valence-electron chi connectivity index (χ2n) is 7.31. The predicted molar refractivity (Wildman–Crippen MR) is 116 cm³/mol. The molecule has 1 aliphatic heterocycles. The highest BCUT2D eigenvalue weighted by Crippen LogP contribution is 2.43. The lowest BCUT2D eigenvalue weighted by molar-refractivity contribution is 0.0801. The molecule has 0 spiro atoms. The van der Waals surface area contributed by atoms with Crippen LogP contribution in [0.2, 0.25) is 0 Å². The van der Waals surface area contributed by atoms with E-state index in [1.165, 1.54) is 11.3 Å². The van der Waals surface area contributed by atoms with Gasteiger partial charge in [-0.2, -0.15) is 4.98 Å². The maximum Gasteiger partial charge on any atom is 0.241 e. The molecular weight excluding hydrogens is 418 g/mol. The lowest BCUT2D eigenvalue weighted by Gasteiger charge is -2.30. The summed E-state index contributed by atoms with van der Waals surface area (Å²) in [6, 6.07) is 7.40. The summed E-state index contributed by atoms with van der Waals surface area (Å²) in [5.74, 6) is 2.64. The number of Topliss-reactive ketones (excluding diaryl/α,β-unsaturated/α-hetero) is 1. The molecular formula is C22H25N3O5S. The monoisotopic (exact) mass is 443 g/mol. The molecule has 0 saturated carbocycles. The van der Waals surface area contributed by atoms with Gasteiger partial charge in [0, 0.05) is 12.5 Å². The third-order valence-electron chi connectivity index (χ3n) is 5.41. The first-order valence-corrected chi connectivity index (χ1v) is 10.9. The Labute approximate surface area is 184 Å². The Morgan fingerprint density at radius 3 is 2.74 bits per heavy atom. The minimum Gasteiger partial charge on any atom is -0.493 e. The minimum atomic E-state index is 0.000681. The molecule has 2 aromatic heterocycles. The first-order valence-electron chi connectivity index (χ1n) is 10.1. The largest absolute Gasteiger partial charge is 0.493 e. The van der Waals surface area contributed by atoms with Gasteiger partial charge in [-0.15, -0.1) is 11.3 Å². The van der Waals surface area contributed by atoms with Gasteiger partial charge in [0.1, 0.15) is 0 Å². The van der Waals surface area contributed by atoms with Crippen LogP contribution in [0.1, 0.15) is 28.4 Å². The molecule has 8 nitrogen and oxygen atoms in total. The molecule has 1 aliphatic rings. The number of carbonyl (C=O) groups is 1. The zero-order valence-electron chi connectivity index (χ0n) is 17.8. The van der Waals surface area contributed by atoms with E-state index in [9.17, 15) is 4.79 Å². The van der Waals surface area contributed by atoms with E-state index in [2.05, 4.69) is 15.0 Å². The van der Waals surface area contributed by atoms with Crippen molar-refractivity contribution in [1.82, 2.24) is 15.0 Å². The predicted octanol–water partition coefficient (Wildman–Crippen LogP) is 3.92. The van der Waals surface area contributed by atoms with Gasteiger partial charge in [0.05, 0.1) is 38.3 Å². The fourth-order valence-electron chi connectivity index (χ4n) is 3.93. The maximum absolute atomic E-state index is 12.7. The number of carbonyl (C=O) groups excluding carboxylic acids is 1. The highest BCUT2D eigenvalue weighted by atomic mass is 32.1. The van der Waals surface area contributed by atoms with Crippen LogP contribution in [0.3, 0.4) is 0 Å². The number of ketones is 1. The van der Waals surface area contributed by atoms with Gasteiger partial charge in [-0.25, -0.2) is 0 Å². The molecule has 0 amide bonds. The van der Waals surface area contributed by atoms with Gasteiger partial charge in [0.2, 0.25) is 17.5 Å². The van der Waals surface area contributed by atoms with Crippen LogP contribution < -0.4 is 14.2 Å². The van der Waals surface area contributed by atoms with Gasteiger partial charge in [-0.1, -0.05) is 11.2 Å². The summed E-state index contributed by atoms with van der Waals surface area (Å²) in [5.41, 5.74) is 0.652. The number of hydrogen-bond donors (Lipinski definition) is 0. The van der Waals surface area contributed by atoms with E-state index in [0.717, 1.165) is 24.3 Å². The summed E-state index contributed by atoms with van der Waals surface area (Å²) in [6.45, 7) is 2.08. The molecule has 3 heterocycles. The number of methoxy groups -OCH3 is 3. The molecule has 0 N–H and O–H groups in total. The molecule has 4 rings (SSSR count). The Morgan fingerprint density at radius 1 is 1.19 bits per heavy atom. The molecule has 0 radical (unpaired) electrons. The normalized spacial score (nSPS) is 16.8. The molecule has 3 aromatic rings. The number of benzene rings is 1. The molecule has 1 atom stereocenters. The average Bonchev–Trinajstić information content (AvgIpc) is 3.50. The average molecular weight is 444 g/mol. The lowest BCUT2D eigenvalue weighted by atomic mass is 9.93. The van der Waals surface area contributed by atoms with Crippen molar-refractivity contribution in [3.05, 3.63) is 40.4 Å². The van der Waals surface area contributed by atoms with Gasteiger partial charge in [0.15, 0.2) is 17.3 Å². The van der Waals surface area contributed by atoms with E-state index in [1.54, 1.807) is 27.4 Å². The lowest BCUT2D eigenvalue weighted by Crippen LogP contribution is -2.38. The number of aromatic nitrogens is 2. The van der Waals surface area contributed by atoms with Crippen molar-refractivity contribution in [2.75, 3.05) is 34.4 Å². The van der Waals surface area contributed by atoms with Crippen LogP contribution in [0.4, 0.5) is 0 Å². The van der Waals surface area contributed by atoms with Crippen LogP contribution in [0.15, 0.2) is 34.2 Å². The van der Waals surface area contributed by atoms with Crippen molar-refractivity contribution >= 4 is 17.1 Å². The Bertz CT molecular complexity index is 1030. The van der Waals surface area contributed by atoms with Crippen LogP contribution >= 0.6 is 11.3 Å². The third-order valence-corrected chi connectivity index (χ3v) is 6.30. The fourth-order valence-corrected chi connectivity index (χ4v) is 4.67. The number of rotatable bonds is 8. The number of nitrogens with zero attached hydrogens (tertiary/aromatic N) is 3. The molecule has 31 heavy (non-hydrogen) atoms. The molecule has 9 heteroatoms. The van der Waals surface area contributed by atoms with E-state index in [-0.39, 0.29) is 11.7 Å². The van der Waals surface area contributed by atoms with E-state index in [0.29, 0.717) is 47.6 Å². The van der Waals surface area contributed by atoms with E-state index < -0.39 is 0 Å².